The van der Waals surface area contributed by atoms with Crippen LogP contribution in [0.3, 0.4) is 0 Å². The zero-order valence-electron chi connectivity index (χ0n) is 8.24. The van der Waals surface area contributed by atoms with Crippen molar-refractivity contribution in [1.82, 2.24) is 0 Å². The normalized spacial score (nSPS) is 12.8. The fraction of sp³-hybridized carbons (Fsp3) is 0. The first-order chi connectivity index (χ1) is 7.75. The van der Waals surface area contributed by atoms with E-state index in [4.69, 9.17) is 0 Å². The molecule has 1 heterocycles. The van der Waals surface area contributed by atoms with Gasteiger partial charge in [-0.2, -0.15) is 0 Å². The van der Waals surface area contributed by atoms with Gasteiger partial charge in [0.25, 0.3) is 0 Å². The Labute approximate surface area is 111 Å². The summed E-state index contributed by atoms with van der Waals surface area (Å²) < 4.78 is 2.93. The van der Waals surface area contributed by atoms with Crippen molar-refractivity contribution >= 4 is 43.5 Å². The lowest BCUT2D eigenvalue weighted by molar-refractivity contribution is 1.28. The summed E-state index contributed by atoms with van der Waals surface area (Å²) in [6, 6.07) is 14.5. The summed E-state index contributed by atoms with van der Waals surface area (Å²) >= 11 is 6.96. The highest BCUT2D eigenvalue weighted by atomic mass is 79.9. The molecule has 2 aromatic rings. The number of para-hydroxylation sites is 1. The van der Waals surface area contributed by atoms with E-state index in [1.54, 1.807) is 0 Å². The molecule has 0 aromatic heterocycles. The molecule has 0 amide bonds. The first-order valence-corrected chi connectivity index (χ1v) is 6.37. The molecule has 16 heavy (non-hydrogen) atoms. The highest BCUT2D eigenvalue weighted by Crippen LogP contribution is 2.42. The van der Waals surface area contributed by atoms with Crippen LogP contribution in [0, 0.1) is 0 Å². The lowest BCUT2D eigenvalue weighted by Gasteiger charge is -2.28. The molecule has 2 aromatic carbocycles. The van der Waals surface area contributed by atoms with E-state index in [2.05, 4.69) is 73.9 Å². The van der Waals surface area contributed by atoms with Crippen molar-refractivity contribution in [3.05, 3.63) is 46.9 Å². The lowest BCUT2D eigenvalue weighted by atomic mass is 10.0. The third-order valence-electron chi connectivity index (χ3n) is 2.61. The van der Waals surface area contributed by atoms with Gasteiger partial charge in [-0.3, -0.25) is 5.43 Å². The van der Waals surface area contributed by atoms with Crippen LogP contribution in [0.15, 0.2) is 46.9 Å². The van der Waals surface area contributed by atoms with Gasteiger partial charge in [0.05, 0.1) is 27.5 Å². The molecule has 1 aliphatic heterocycles. The molecule has 3 rings (SSSR count). The second kappa shape index (κ2) is 3.79. The molecule has 0 fully saturated rings. The Morgan fingerprint density at radius 2 is 1.81 bits per heavy atom. The molecular weight excluding hydrogens is 332 g/mol. The zero-order valence-corrected chi connectivity index (χ0v) is 11.4. The lowest BCUT2D eigenvalue weighted by Crippen LogP contribution is -2.22. The van der Waals surface area contributed by atoms with Crippen molar-refractivity contribution in [3.8, 4) is 11.1 Å². The fourth-order valence-corrected chi connectivity index (χ4v) is 2.74. The van der Waals surface area contributed by atoms with Crippen molar-refractivity contribution in [3.63, 3.8) is 0 Å². The smallest absolute Gasteiger partial charge is 0.0781 e. The Morgan fingerprint density at radius 1 is 1.00 bits per heavy atom. The molecule has 1 N–H and O–H groups in total. The van der Waals surface area contributed by atoms with Crippen LogP contribution in [0.2, 0.25) is 0 Å². The standard InChI is InChI=1S/C12H8Br2N2/c13-8-5-6-9-10-3-1-2-4-12(10)16(14)15-11(9)7-8/h1-7,15H. The second-order valence-corrected chi connectivity index (χ2v) is 5.22. The van der Waals surface area contributed by atoms with E-state index in [1.165, 1.54) is 11.1 Å². The third kappa shape index (κ3) is 1.53. The van der Waals surface area contributed by atoms with Crippen molar-refractivity contribution in [2.24, 2.45) is 0 Å². The Kier molecular flexibility index (Phi) is 2.41. The first-order valence-electron chi connectivity index (χ1n) is 4.87. The summed E-state index contributed by atoms with van der Waals surface area (Å²) in [5.41, 5.74) is 7.93. The minimum atomic E-state index is 1.07. The number of hydrogen-bond donors (Lipinski definition) is 1. The predicted octanol–water partition coefficient (Wildman–Crippen LogP) is 4.57. The molecule has 0 aliphatic carbocycles. The first kappa shape index (κ1) is 10.2. The van der Waals surface area contributed by atoms with Crippen LogP contribution in [-0.2, 0) is 0 Å². The summed E-state index contributed by atoms with van der Waals surface area (Å²) in [6.45, 7) is 0. The quantitative estimate of drug-likeness (QED) is 0.707. The average Bonchev–Trinajstić information content (AvgIpc) is 2.29. The van der Waals surface area contributed by atoms with E-state index in [0.29, 0.717) is 0 Å². The van der Waals surface area contributed by atoms with E-state index in [0.717, 1.165) is 15.8 Å². The molecule has 0 radical (unpaired) electrons. The molecule has 1 aliphatic rings. The van der Waals surface area contributed by atoms with E-state index >= 15 is 0 Å². The van der Waals surface area contributed by atoms with Gasteiger partial charge in [0.2, 0.25) is 0 Å². The third-order valence-corrected chi connectivity index (χ3v) is 3.66. The van der Waals surface area contributed by atoms with E-state index in [9.17, 15) is 0 Å². The van der Waals surface area contributed by atoms with Gasteiger partial charge in [-0.1, -0.05) is 40.2 Å². The Hall–Kier alpha value is -1.00. The van der Waals surface area contributed by atoms with Gasteiger partial charge in [-0.15, -0.1) is 0 Å². The largest absolute Gasteiger partial charge is 0.287 e. The number of benzene rings is 2. The van der Waals surface area contributed by atoms with Gasteiger partial charge in [-0.25, -0.2) is 4.03 Å². The van der Waals surface area contributed by atoms with E-state index < -0.39 is 0 Å². The van der Waals surface area contributed by atoms with Crippen LogP contribution >= 0.6 is 32.1 Å². The summed E-state index contributed by atoms with van der Waals surface area (Å²) in [7, 11) is 0. The average molecular weight is 340 g/mol. The van der Waals surface area contributed by atoms with Gasteiger partial charge in [0, 0.05) is 15.6 Å². The number of hydrogen-bond acceptors (Lipinski definition) is 2. The molecule has 2 nitrogen and oxygen atoms in total. The Balaban J connectivity index is 2.27. The van der Waals surface area contributed by atoms with Crippen LogP contribution < -0.4 is 9.46 Å². The van der Waals surface area contributed by atoms with Crippen LogP contribution in [0.1, 0.15) is 0 Å². The number of halogens is 2. The van der Waals surface area contributed by atoms with Crippen LogP contribution in [0.4, 0.5) is 11.4 Å². The number of fused-ring (bicyclic) bond motifs is 3. The van der Waals surface area contributed by atoms with Gasteiger partial charge in [0.1, 0.15) is 0 Å². The maximum absolute atomic E-state index is 3.49. The van der Waals surface area contributed by atoms with Crippen molar-refractivity contribution in [2.75, 3.05) is 9.46 Å². The molecule has 0 saturated carbocycles. The Bertz CT molecular complexity index is 554. The van der Waals surface area contributed by atoms with Gasteiger partial charge >= 0.3 is 0 Å². The maximum Gasteiger partial charge on any atom is 0.0781 e. The van der Waals surface area contributed by atoms with Crippen molar-refractivity contribution < 1.29 is 0 Å². The molecular formula is C12H8Br2N2. The molecule has 0 unspecified atom stereocenters. The van der Waals surface area contributed by atoms with Crippen molar-refractivity contribution in [2.45, 2.75) is 0 Å². The number of nitrogens with zero attached hydrogens (tertiary/aromatic N) is 1. The highest BCUT2D eigenvalue weighted by molar-refractivity contribution is 9.10. The summed E-state index contributed by atoms with van der Waals surface area (Å²) in [6.07, 6.45) is 0. The fourth-order valence-electron chi connectivity index (χ4n) is 1.88. The Morgan fingerprint density at radius 3 is 2.69 bits per heavy atom. The number of nitrogens with one attached hydrogen (secondary N) is 1. The summed E-state index contributed by atoms with van der Waals surface area (Å²) in [5.74, 6) is 0. The number of hydrazine groups is 1. The van der Waals surface area contributed by atoms with Gasteiger partial charge < -0.3 is 0 Å². The number of anilines is 2. The molecule has 0 atom stereocenters. The maximum atomic E-state index is 3.49. The molecule has 80 valence electrons. The van der Waals surface area contributed by atoms with Gasteiger partial charge in [0.15, 0.2) is 0 Å². The molecule has 0 spiro atoms. The zero-order chi connectivity index (χ0) is 11.1. The minimum Gasteiger partial charge on any atom is -0.287 e. The summed E-state index contributed by atoms with van der Waals surface area (Å²) in [5, 5.41) is 0. The van der Waals surface area contributed by atoms with Crippen molar-refractivity contribution in [1.29, 1.82) is 0 Å². The van der Waals surface area contributed by atoms with Crippen LogP contribution in [-0.4, -0.2) is 0 Å². The van der Waals surface area contributed by atoms with Crippen LogP contribution in [0.25, 0.3) is 11.1 Å². The molecule has 0 saturated heterocycles. The van der Waals surface area contributed by atoms with E-state index in [-0.39, 0.29) is 0 Å². The second-order valence-electron chi connectivity index (χ2n) is 3.60. The predicted molar refractivity (Wildman–Crippen MR) is 74.6 cm³/mol. The van der Waals surface area contributed by atoms with Crippen LogP contribution in [0.5, 0.6) is 0 Å². The summed E-state index contributed by atoms with van der Waals surface area (Å²) in [4.78, 5) is 0. The highest BCUT2D eigenvalue weighted by Gasteiger charge is 2.19. The number of rotatable bonds is 0. The topological polar surface area (TPSA) is 15.3 Å². The van der Waals surface area contributed by atoms with Gasteiger partial charge in [-0.05, 0) is 18.2 Å². The van der Waals surface area contributed by atoms with E-state index in [1.807, 2.05) is 10.1 Å². The molecule has 0 bridgehead atoms. The SMILES string of the molecule is Brc1ccc2c(c1)NN(Br)c1ccccc1-2. The minimum absolute atomic E-state index is 1.07. The monoisotopic (exact) mass is 338 g/mol. The molecule has 4 heteroatoms.